The number of benzene rings is 4. The Morgan fingerprint density at radius 3 is 2.03 bits per heavy atom. The number of nitrogens with zero attached hydrogens (tertiary/aromatic N) is 1. The molecule has 0 saturated carbocycles. The Kier molecular flexibility index (Phi) is 6.97. The van der Waals surface area contributed by atoms with Gasteiger partial charge in [0.15, 0.2) is 11.5 Å². The standard InChI is InChI=1S/C32H33NO3/c1-22-8-13-25(14-9-22)35-30-7-5-6-27-28(30)18-19-33(3)29(27)20-24-12-17-31(32(21-24)34-4)36-26-15-10-23(2)11-16-26/h5-17,21,29H,18-20H2,1-4H3/t29-/m0/s1. The first kappa shape index (κ1) is 24.0. The number of hydrogen-bond donors (Lipinski definition) is 0. The zero-order valence-corrected chi connectivity index (χ0v) is 21.5. The summed E-state index contributed by atoms with van der Waals surface area (Å²) in [5.74, 6) is 4.08. The van der Waals surface area contributed by atoms with E-state index < -0.39 is 0 Å². The van der Waals surface area contributed by atoms with Crippen molar-refractivity contribution in [1.82, 2.24) is 4.90 Å². The van der Waals surface area contributed by atoms with Crippen molar-refractivity contribution in [1.29, 1.82) is 0 Å². The summed E-state index contributed by atoms with van der Waals surface area (Å²) in [7, 11) is 3.89. The minimum atomic E-state index is 0.254. The molecule has 0 aromatic heterocycles. The van der Waals surface area contributed by atoms with Crippen molar-refractivity contribution in [3.05, 3.63) is 113 Å². The molecule has 4 nitrogen and oxygen atoms in total. The lowest BCUT2D eigenvalue weighted by Gasteiger charge is -2.35. The maximum absolute atomic E-state index is 6.33. The van der Waals surface area contributed by atoms with Crippen LogP contribution in [0.2, 0.25) is 0 Å². The number of aryl methyl sites for hydroxylation is 2. The molecule has 0 fully saturated rings. The van der Waals surface area contributed by atoms with Crippen LogP contribution in [0.5, 0.6) is 28.7 Å². The first-order valence-electron chi connectivity index (χ1n) is 12.5. The number of ether oxygens (including phenoxy) is 3. The van der Waals surface area contributed by atoms with Crippen LogP contribution in [0.4, 0.5) is 0 Å². The Balaban J connectivity index is 1.39. The van der Waals surface area contributed by atoms with Gasteiger partial charge in [0.25, 0.3) is 0 Å². The highest BCUT2D eigenvalue weighted by atomic mass is 16.5. The lowest BCUT2D eigenvalue weighted by Crippen LogP contribution is -2.33. The summed E-state index contributed by atoms with van der Waals surface area (Å²) in [6.07, 6.45) is 1.84. The van der Waals surface area contributed by atoms with Gasteiger partial charge in [-0.3, -0.25) is 4.90 Å². The van der Waals surface area contributed by atoms with E-state index in [1.165, 1.54) is 27.8 Å². The molecule has 1 atom stereocenters. The molecule has 36 heavy (non-hydrogen) atoms. The maximum Gasteiger partial charge on any atom is 0.169 e. The summed E-state index contributed by atoms with van der Waals surface area (Å²) < 4.78 is 18.1. The van der Waals surface area contributed by atoms with E-state index in [0.29, 0.717) is 0 Å². The van der Waals surface area contributed by atoms with Gasteiger partial charge < -0.3 is 14.2 Å². The van der Waals surface area contributed by atoms with Crippen molar-refractivity contribution in [3.8, 4) is 28.7 Å². The van der Waals surface area contributed by atoms with Crippen molar-refractivity contribution in [3.63, 3.8) is 0 Å². The monoisotopic (exact) mass is 479 g/mol. The van der Waals surface area contributed by atoms with Crippen molar-refractivity contribution in [2.75, 3.05) is 20.7 Å². The van der Waals surface area contributed by atoms with Crippen LogP contribution in [0.3, 0.4) is 0 Å². The van der Waals surface area contributed by atoms with Gasteiger partial charge in [-0.2, -0.15) is 0 Å². The SMILES string of the molecule is COc1cc(C[C@H]2c3cccc(Oc4ccc(C)cc4)c3CCN2C)ccc1Oc1ccc(C)cc1. The summed E-state index contributed by atoms with van der Waals surface area (Å²) in [6, 6.07) is 29.2. The van der Waals surface area contributed by atoms with E-state index in [2.05, 4.69) is 68.3 Å². The number of likely N-dealkylation sites (N-methyl/N-ethyl adjacent to an activating group) is 1. The minimum absolute atomic E-state index is 0.254. The van der Waals surface area contributed by atoms with E-state index >= 15 is 0 Å². The molecule has 4 aromatic carbocycles. The fourth-order valence-corrected chi connectivity index (χ4v) is 4.82. The lowest BCUT2D eigenvalue weighted by molar-refractivity contribution is 0.227. The summed E-state index contributed by atoms with van der Waals surface area (Å²) in [5, 5.41) is 0. The molecule has 0 unspecified atom stereocenters. The fraction of sp³-hybridized carbons (Fsp3) is 0.250. The van der Waals surface area contributed by atoms with Crippen molar-refractivity contribution in [2.45, 2.75) is 32.7 Å². The van der Waals surface area contributed by atoms with Crippen LogP contribution in [-0.2, 0) is 12.8 Å². The van der Waals surface area contributed by atoms with Gasteiger partial charge in [0.1, 0.15) is 17.2 Å². The predicted octanol–water partition coefficient (Wildman–Crippen LogP) is 7.67. The van der Waals surface area contributed by atoms with Gasteiger partial charge in [-0.25, -0.2) is 0 Å². The van der Waals surface area contributed by atoms with E-state index in [0.717, 1.165) is 48.1 Å². The van der Waals surface area contributed by atoms with Gasteiger partial charge in [0.05, 0.1) is 7.11 Å². The van der Waals surface area contributed by atoms with Crippen molar-refractivity contribution < 1.29 is 14.2 Å². The van der Waals surface area contributed by atoms with Gasteiger partial charge in [-0.15, -0.1) is 0 Å². The van der Waals surface area contributed by atoms with Gasteiger partial charge in [-0.05, 0) is 87.3 Å². The van der Waals surface area contributed by atoms with Gasteiger partial charge in [0.2, 0.25) is 0 Å². The quantitative estimate of drug-likeness (QED) is 0.272. The summed E-state index contributed by atoms with van der Waals surface area (Å²) >= 11 is 0. The molecule has 184 valence electrons. The number of rotatable bonds is 7. The van der Waals surface area contributed by atoms with E-state index in [1.54, 1.807) is 7.11 Å². The van der Waals surface area contributed by atoms with Crippen LogP contribution in [-0.4, -0.2) is 25.6 Å². The number of fused-ring (bicyclic) bond motifs is 1. The van der Waals surface area contributed by atoms with Crippen LogP contribution >= 0.6 is 0 Å². The second kappa shape index (κ2) is 10.5. The molecule has 1 aliphatic heterocycles. The largest absolute Gasteiger partial charge is 0.493 e. The second-order valence-electron chi connectivity index (χ2n) is 9.59. The van der Waals surface area contributed by atoms with Crippen molar-refractivity contribution >= 4 is 0 Å². The lowest BCUT2D eigenvalue weighted by atomic mass is 9.88. The average molecular weight is 480 g/mol. The first-order valence-corrected chi connectivity index (χ1v) is 12.5. The Hall–Kier alpha value is -3.76. The molecule has 1 heterocycles. The molecule has 0 spiro atoms. The van der Waals surface area contributed by atoms with Crippen LogP contribution < -0.4 is 14.2 Å². The second-order valence-corrected chi connectivity index (χ2v) is 9.59. The molecule has 0 bridgehead atoms. The highest BCUT2D eigenvalue weighted by Gasteiger charge is 2.27. The fourth-order valence-electron chi connectivity index (χ4n) is 4.82. The molecular formula is C32H33NO3. The highest BCUT2D eigenvalue weighted by Crippen LogP contribution is 2.39. The normalized spacial score (nSPS) is 15.3. The van der Waals surface area contributed by atoms with Crippen LogP contribution in [0.25, 0.3) is 0 Å². The number of hydrogen-bond acceptors (Lipinski definition) is 4. The third-order valence-electron chi connectivity index (χ3n) is 6.93. The molecule has 0 N–H and O–H groups in total. The first-order chi connectivity index (χ1) is 17.5. The van der Waals surface area contributed by atoms with Crippen LogP contribution in [0.15, 0.2) is 84.9 Å². The summed E-state index contributed by atoms with van der Waals surface area (Å²) in [4.78, 5) is 2.43. The zero-order valence-electron chi connectivity index (χ0n) is 21.5. The van der Waals surface area contributed by atoms with Crippen molar-refractivity contribution in [2.24, 2.45) is 0 Å². The number of methoxy groups -OCH3 is 1. The van der Waals surface area contributed by atoms with E-state index in [1.807, 2.05) is 42.5 Å². The summed E-state index contributed by atoms with van der Waals surface area (Å²) in [6.45, 7) is 5.14. The highest BCUT2D eigenvalue weighted by molar-refractivity contribution is 5.49. The van der Waals surface area contributed by atoms with Gasteiger partial charge in [0, 0.05) is 18.2 Å². The molecule has 0 amide bonds. The summed E-state index contributed by atoms with van der Waals surface area (Å²) in [5.41, 5.74) is 6.26. The molecule has 1 aliphatic rings. The molecule has 0 aliphatic carbocycles. The Bertz CT molecular complexity index is 1330. The molecule has 0 radical (unpaired) electrons. The third-order valence-corrected chi connectivity index (χ3v) is 6.93. The smallest absolute Gasteiger partial charge is 0.169 e. The zero-order chi connectivity index (χ0) is 25.1. The topological polar surface area (TPSA) is 30.9 Å². The van der Waals surface area contributed by atoms with Crippen LogP contribution in [0, 0.1) is 13.8 Å². The Morgan fingerprint density at radius 2 is 1.39 bits per heavy atom. The predicted molar refractivity (Wildman–Crippen MR) is 145 cm³/mol. The van der Waals surface area contributed by atoms with Crippen LogP contribution in [0.1, 0.15) is 33.9 Å². The van der Waals surface area contributed by atoms with Gasteiger partial charge >= 0.3 is 0 Å². The maximum atomic E-state index is 6.33. The Morgan fingerprint density at radius 1 is 0.750 bits per heavy atom. The average Bonchev–Trinajstić information content (AvgIpc) is 2.89. The molecule has 4 heteroatoms. The molecule has 4 aromatic rings. The molecule has 5 rings (SSSR count). The Labute approximate surface area is 214 Å². The molecule has 0 saturated heterocycles. The van der Waals surface area contributed by atoms with E-state index in [9.17, 15) is 0 Å². The third kappa shape index (κ3) is 5.24. The van der Waals surface area contributed by atoms with Gasteiger partial charge in [-0.1, -0.05) is 53.6 Å². The van der Waals surface area contributed by atoms with E-state index in [-0.39, 0.29) is 6.04 Å². The minimum Gasteiger partial charge on any atom is -0.493 e. The molecular weight excluding hydrogens is 446 g/mol. The van der Waals surface area contributed by atoms with E-state index in [4.69, 9.17) is 14.2 Å².